The Balaban J connectivity index is 1.20. The van der Waals surface area contributed by atoms with Crippen molar-refractivity contribution in [3.8, 4) is 11.1 Å². The van der Waals surface area contributed by atoms with Crippen molar-refractivity contribution in [3.05, 3.63) is 155 Å². The fourth-order valence-corrected chi connectivity index (χ4v) is 6.53. The number of benzene rings is 4. The average molecular weight is 716 g/mol. The Kier molecular flexibility index (Phi) is 13.0. The molecular formula is C44H45NO8. The maximum absolute atomic E-state index is 14.5. The minimum atomic E-state index is -1.22. The van der Waals surface area contributed by atoms with Crippen molar-refractivity contribution < 1.29 is 38.1 Å². The molecule has 1 saturated heterocycles. The van der Waals surface area contributed by atoms with Crippen LogP contribution in [0.25, 0.3) is 11.1 Å². The predicted molar refractivity (Wildman–Crippen MR) is 200 cm³/mol. The summed E-state index contributed by atoms with van der Waals surface area (Å²) >= 11 is 0. The lowest BCUT2D eigenvalue weighted by Gasteiger charge is -2.24. The third-order valence-electron chi connectivity index (χ3n) is 9.32. The van der Waals surface area contributed by atoms with Gasteiger partial charge in [-0.2, -0.15) is 0 Å². The summed E-state index contributed by atoms with van der Waals surface area (Å²) in [5, 5.41) is 9.82. The maximum atomic E-state index is 14.5. The number of ether oxygens (including phenoxy) is 3. The van der Waals surface area contributed by atoms with Crippen LogP contribution >= 0.6 is 0 Å². The number of nitrogens with zero attached hydrogens (tertiary/aromatic N) is 1. The Morgan fingerprint density at radius 2 is 1.55 bits per heavy atom. The number of imide groups is 1. The molecule has 2 heterocycles. The van der Waals surface area contributed by atoms with Crippen LogP contribution in [0, 0.1) is 12.8 Å². The van der Waals surface area contributed by atoms with E-state index < -0.39 is 35.8 Å². The summed E-state index contributed by atoms with van der Waals surface area (Å²) in [5.41, 5.74) is 5.43. The standard InChI is InChI=1S/C44H45NO8/c1-31-13-11-20-35(23-31)38-26-41(53-40(38)21-12-22-50-30-37(27-46)51-28-34-18-9-4-10-19-34)42(47)39(25-33-16-7-3-8-17-33)43(48)45-36(29-52-44(45)49)24-32-14-5-2-6-15-32/h2-11,13-20,23,26,36-37,39,46H,12,21-22,24-25,27-30H2,1H3/t36-,37-,39+/m1/s1. The molecule has 5 aromatic rings. The molecule has 53 heavy (non-hydrogen) atoms. The molecular weight excluding hydrogens is 670 g/mol. The number of furan rings is 1. The van der Waals surface area contributed by atoms with Crippen LogP contribution in [0.15, 0.2) is 126 Å². The van der Waals surface area contributed by atoms with E-state index in [9.17, 15) is 19.5 Å². The molecule has 1 aliphatic heterocycles. The van der Waals surface area contributed by atoms with E-state index in [1.807, 2.05) is 122 Å². The molecule has 1 N–H and O–H groups in total. The smallest absolute Gasteiger partial charge is 0.417 e. The lowest BCUT2D eigenvalue weighted by atomic mass is 9.91. The van der Waals surface area contributed by atoms with Gasteiger partial charge in [0.15, 0.2) is 5.76 Å². The first kappa shape index (κ1) is 37.4. The lowest BCUT2D eigenvalue weighted by molar-refractivity contribution is -0.131. The van der Waals surface area contributed by atoms with Crippen LogP contribution in [-0.4, -0.2) is 66.4 Å². The molecule has 6 rings (SSSR count). The molecule has 0 aliphatic carbocycles. The highest BCUT2D eigenvalue weighted by Crippen LogP contribution is 2.32. The molecule has 3 atom stereocenters. The van der Waals surface area contributed by atoms with E-state index in [1.54, 1.807) is 6.07 Å². The summed E-state index contributed by atoms with van der Waals surface area (Å²) in [4.78, 5) is 43.0. The van der Waals surface area contributed by atoms with Crippen LogP contribution < -0.4 is 0 Å². The highest BCUT2D eigenvalue weighted by molar-refractivity contribution is 6.12. The molecule has 4 aromatic carbocycles. The summed E-state index contributed by atoms with van der Waals surface area (Å²) in [6.07, 6.45) is 0.307. The molecule has 9 heteroatoms. The number of hydrogen-bond donors (Lipinski definition) is 1. The Morgan fingerprint density at radius 1 is 0.868 bits per heavy atom. The molecule has 274 valence electrons. The Labute approximate surface area is 310 Å². The number of aryl methyl sites for hydroxylation is 2. The molecule has 1 aromatic heterocycles. The SMILES string of the molecule is Cc1cccc(-c2cc(C(=O)[C@H](Cc3ccccc3)C(=O)N3C(=O)OC[C@H]3Cc3ccccc3)oc2CCCOC[C@@H](CO)OCc2ccccc2)c1. The summed E-state index contributed by atoms with van der Waals surface area (Å²) in [6, 6.07) is 37.7. The van der Waals surface area contributed by atoms with Gasteiger partial charge in [0.25, 0.3) is 0 Å². The zero-order chi connectivity index (χ0) is 37.0. The molecule has 2 amide bonds. The second-order valence-electron chi connectivity index (χ2n) is 13.3. The van der Waals surface area contributed by atoms with E-state index in [1.165, 1.54) is 0 Å². The first-order chi connectivity index (χ1) is 25.9. The van der Waals surface area contributed by atoms with Gasteiger partial charge in [0.1, 0.15) is 24.4 Å². The number of ketones is 1. The third kappa shape index (κ3) is 9.96. The Morgan fingerprint density at radius 3 is 2.23 bits per heavy atom. The Bertz CT molecular complexity index is 1940. The zero-order valence-corrected chi connectivity index (χ0v) is 29.9. The number of carbonyl (C=O) groups excluding carboxylic acids is 3. The van der Waals surface area contributed by atoms with Crippen LogP contribution in [0.3, 0.4) is 0 Å². The maximum Gasteiger partial charge on any atom is 0.417 e. The molecule has 0 saturated carbocycles. The zero-order valence-electron chi connectivity index (χ0n) is 29.9. The van der Waals surface area contributed by atoms with Crippen LogP contribution in [0.2, 0.25) is 0 Å². The number of amides is 2. The van der Waals surface area contributed by atoms with E-state index in [4.69, 9.17) is 18.6 Å². The van der Waals surface area contributed by atoms with Crippen molar-refractivity contribution in [1.82, 2.24) is 4.90 Å². The van der Waals surface area contributed by atoms with E-state index in [0.717, 1.165) is 38.3 Å². The van der Waals surface area contributed by atoms with Crippen molar-refractivity contribution in [2.75, 3.05) is 26.4 Å². The number of rotatable bonds is 18. The first-order valence-electron chi connectivity index (χ1n) is 18.1. The van der Waals surface area contributed by atoms with Gasteiger partial charge in [-0.05, 0) is 54.5 Å². The van der Waals surface area contributed by atoms with Gasteiger partial charge in [0.2, 0.25) is 11.7 Å². The molecule has 0 radical (unpaired) electrons. The van der Waals surface area contributed by atoms with Gasteiger partial charge in [-0.1, -0.05) is 121 Å². The first-order valence-corrected chi connectivity index (χ1v) is 18.1. The van der Waals surface area contributed by atoms with Gasteiger partial charge in [-0.3, -0.25) is 9.59 Å². The number of cyclic esters (lactones) is 1. The summed E-state index contributed by atoms with van der Waals surface area (Å²) in [6.45, 7) is 2.85. The number of Topliss-reactive ketones (excluding diaryl/α,β-unsaturated/α-hetero) is 1. The van der Waals surface area contributed by atoms with Crippen LogP contribution in [0.1, 0.15) is 45.0 Å². The van der Waals surface area contributed by atoms with Crippen molar-refractivity contribution in [2.45, 2.75) is 51.4 Å². The van der Waals surface area contributed by atoms with Crippen molar-refractivity contribution in [3.63, 3.8) is 0 Å². The lowest BCUT2D eigenvalue weighted by Crippen LogP contribution is -2.46. The third-order valence-corrected chi connectivity index (χ3v) is 9.32. The summed E-state index contributed by atoms with van der Waals surface area (Å²) < 4.78 is 23.4. The van der Waals surface area contributed by atoms with Crippen LogP contribution in [0.4, 0.5) is 4.79 Å². The second kappa shape index (κ2) is 18.4. The van der Waals surface area contributed by atoms with E-state index >= 15 is 0 Å². The molecule has 0 spiro atoms. The van der Waals surface area contributed by atoms with Gasteiger partial charge in [-0.15, -0.1) is 0 Å². The number of aliphatic hydroxyl groups is 1. The molecule has 0 unspecified atom stereocenters. The number of carbonyl (C=O) groups is 3. The van der Waals surface area contributed by atoms with E-state index in [0.29, 0.717) is 38.2 Å². The van der Waals surface area contributed by atoms with Crippen molar-refractivity contribution in [1.29, 1.82) is 0 Å². The topological polar surface area (TPSA) is 116 Å². The summed E-state index contributed by atoms with van der Waals surface area (Å²) in [7, 11) is 0. The summed E-state index contributed by atoms with van der Waals surface area (Å²) in [5.74, 6) is -1.70. The molecule has 9 nitrogen and oxygen atoms in total. The second-order valence-corrected chi connectivity index (χ2v) is 13.3. The van der Waals surface area contributed by atoms with Crippen LogP contribution in [-0.2, 0) is 44.9 Å². The molecule has 0 bridgehead atoms. The molecule has 1 aliphatic rings. The normalized spacial score (nSPS) is 15.2. The highest BCUT2D eigenvalue weighted by atomic mass is 16.6. The van der Waals surface area contributed by atoms with Crippen molar-refractivity contribution in [2.24, 2.45) is 5.92 Å². The predicted octanol–water partition coefficient (Wildman–Crippen LogP) is 7.41. The number of hydrogen-bond acceptors (Lipinski definition) is 8. The van der Waals surface area contributed by atoms with Gasteiger partial charge < -0.3 is 23.7 Å². The van der Waals surface area contributed by atoms with Crippen molar-refractivity contribution >= 4 is 17.8 Å². The van der Waals surface area contributed by atoms with Crippen LogP contribution in [0.5, 0.6) is 0 Å². The van der Waals surface area contributed by atoms with Gasteiger partial charge in [0.05, 0.1) is 25.9 Å². The fraction of sp³-hybridized carbons (Fsp3) is 0.295. The van der Waals surface area contributed by atoms with Gasteiger partial charge in [0, 0.05) is 18.6 Å². The number of aliphatic hydroxyl groups excluding tert-OH is 1. The van der Waals surface area contributed by atoms with Gasteiger partial charge in [-0.25, -0.2) is 9.69 Å². The minimum Gasteiger partial charge on any atom is -0.457 e. The van der Waals surface area contributed by atoms with E-state index in [2.05, 4.69) is 0 Å². The highest BCUT2D eigenvalue weighted by Gasteiger charge is 2.44. The minimum absolute atomic E-state index is 0.0496. The average Bonchev–Trinajstić information content (AvgIpc) is 3.78. The monoisotopic (exact) mass is 715 g/mol. The quantitative estimate of drug-likeness (QED) is 0.0567. The fourth-order valence-electron chi connectivity index (χ4n) is 6.53. The van der Waals surface area contributed by atoms with E-state index in [-0.39, 0.29) is 32.0 Å². The Hall–Kier alpha value is -5.35. The largest absolute Gasteiger partial charge is 0.457 e. The molecule has 1 fully saturated rings. The van der Waals surface area contributed by atoms with Gasteiger partial charge >= 0.3 is 6.09 Å².